The first kappa shape index (κ1) is 12.8. The molecule has 0 aliphatic rings. The lowest BCUT2D eigenvalue weighted by atomic mass is 10.2. The van der Waals surface area contributed by atoms with Gasteiger partial charge in [-0.2, -0.15) is 0 Å². The average molecular weight is 230 g/mol. The van der Waals surface area contributed by atoms with E-state index in [9.17, 15) is 4.79 Å². The molecule has 3 heteroatoms. The molecule has 0 aromatic heterocycles. The Labute approximate surface area is 101 Å². The molecule has 0 amide bonds. The lowest BCUT2D eigenvalue weighted by Gasteiger charge is -2.02. The molecule has 17 heavy (non-hydrogen) atoms. The van der Waals surface area contributed by atoms with Crippen molar-refractivity contribution in [3.8, 4) is 5.75 Å². The molecule has 0 aliphatic heterocycles. The van der Waals surface area contributed by atoms with Crippen molar-refractivity contribution in [2.24, 2.45) is 0 Å². The SMILES string of the molecule is C=C=CCOc1ccc(/C=C\C(=O)OC)cc1. The summed E-state index contributed by atoms with van der Waals surface area (Å²) in [6, 6.07) is 7.36. The Morgan fingerprint density at radius 1 is 1.41 bits per heavy atom. The second kappa shape index (κ2) is 7.09. The maximum absolute atomic E-state index is 10.9. The van der Waals surface area contributed by atoms with Crippen LogP contribution in [0, 0.1) is 0 Å². The Hall–Kier alpha value is -2.25. The second-order valence-corrected chi connectivity index (χ2v) is 3.14. The summed E-state index contributed by atoms with van der Waals surface area (Å²) in [6.45, 7) is 3.89. The van der Waals surface area contributed by atoms with Crippen molar-refractivity contribution in [2.75, 3.05) is 13.7 Å². The van der Waals surface area contributed by atoms with Gasteiger partial charge in [-0.25, -0.2) is 4.79 Å². The molecule has 0 atom stereocenters. The molecule has 0 fully saturated rings. The highest BCUT2D eigenvalue weighted by atomic mass is 16.5. The minimum atomic E-state index is -0.374. The highest BCUT2D eigenvalue weighted by molar-refractivity contribution is 5.86. The second-order valence-electron chi connectivity index (χ2n) is 3.14. The van der Waals surface area contributed by atoms with Crippen LogP contribution < -0.4 is 4.74 Å². The average Bonchev–Trinajstić information content (AvgIpc) is 2.37. The normalized spacial score (nSPS) is 9.71. The number of ether oxygens (including phenoxy) is 2. The van der Waals surface area contributed by atoms with Gasteiger partial charge in [0.25, 0.3) is 0 Å². The molecule has 0 unspecified atom stereocenters. The molecule has 88 valence electrons. The summed E-state index contributed by atoms with van der Waals surface area (Å²) in [5.41, 5.74) is 3.53. The van der Waals surface area contributed by atoms with E-state index in [2.05, 4.69) is 17.0 Å². The number of benzene rings is 1. The third-order valence-electron chi connectivity index (χ3n) is 1.97. The first-order chi connectivity index (χ1) is 8.26. The van der Waals surface area contributed by atoms with Crippen molar-refractivity contribution >= 4 is 12.0 Å². The van der Waals surface area contributed by atoms with Crippen LogP contribution in [0.15, 0.2) is 48.7 Å². The monoisotopic (exact) mass is 230 g/mol. The lowest BCUT2D eigenvalue weighted by Crippen LogP contribution is -1.93. The fourth-order valence-electron chi connectivity index (χ4n) is 1.10. The van der Waals surface area contributed by atoms with E-state index in [0.29, 0.717) is 6.61 Å². The molecule has 1 aromatic carbocycles. The van der Waals surface area contributed by atoms with Gasteiger partial charge in [-0.3, -0.25) is 0 Å². The quantitative estimate of drug-likeness (QED) is 0.443. The predicted octanol–water partition coefficient (Wildman–Crippen LogP) is 2.59. The minimum absolute atomic E-state index is 0.374. The zero-order valence-corrected chi connectivity index (χ0v) is 9.68. The highest BCUT2D eigenvalue weighted by Crippen LogP contribution is 2.13. The molecule has 0 N–H and O–H groups in total. The standard InChI is InChI=1S/C14H14O3/c1-3-4-11-17-13-8-5-12(6-9-13)7-10-14(15)16-2/h4-10H,1,11H2,2H3/b10-7-. The van der Waals surface area contributed by atoms with E-state index in [0.717, 1.165) is 11.3 Å². The number of hydrogen-bond donors (Lipinski definition) is 0. The fraction of sp³-hybridized carbons (Fsp3) is 0.143. The number of hydrogen-bond acceptors (Lipinski definition) is 3. The molecular formula is C14H14O3. The number of methoxy groups -OCH3 is 1. The maximum Gasteiger partial charge on any atom is 0.330 e. The van der Waals surface area contributed by atoms with Crippen molar-refractivity contribution in [1.29, 1.82) is 0 Å². The van der Waals surface area contributed by atoms with Crippen LogP contribution in [0.2, 0.25) is 0 Å². The highest BCUT2D eigenvalue weighted by Gasteiger charge is 1.94. The van der Waals surface area contributed by atoms with Gasteiger partial charge in [-0.15, -0.1) is 5.73 Å². The summed E-state index contributed by atoms with van der Waals surface area (Å²) in [7, 11) is 1.34. The van der Waals surface area contributed by atoms with Crippen LogP contribution in [0.4, 0.5) is 0 Å². The third-order valence-corrected chi connectivity index (χ3v) is 1.97. The first-order valence-electron chi connectivity index (χ1n) is 5.09. The number of rotatable bonds is 5. The number of carbonyl (C=O) groups is 1. The zero-order valence-electron chi connectivity index (χ0n) is 9.68. The molecule has 0 spiro atoms. The van der Waals surface area contributed by atoms with Crippen molar-refractivity contribution in [3.63, 3.8) is 0 Å². The van der Waals surface area contributed by atoms with Crippen LogP contribution >= 0.6 is 0 Å². The molecular weight excluding hydrogens is 216 g/mol. The van der Waals surface area contributed by atoms with E-state index in [-0.39, 0.29) is 5.97 Å². The van der Waals surface area contributed by atoms with Gasteiger partial charge in [0.1, 0.15) is 12.4 Å². The van der Waals surface area contributed by atoms with E-state index >= 15 is 0 Å². The van der Waals surface area contributed by atoms with E-state index in [1.807, 2.05) is 24.3 Å². The Balaban J connectivity index is 2.58. The van der Waals surface area contributed by atoms with Gasteiger partial charge in [0.05, 0.1) is 7.11 Å². The molecule has 3 nitrogen and oxygen atoms in total. The van der Waals surface area contributed by atoms with Gasteiger partial charge in [0.2, 0.25) is 0 Å². The fourth-order valence-corrected chi connectivity index (χ4v) is 1.10. The Kier molecular flexibility index (Phi) is 5.35. The summed E-state index contributed by atoms with van der Waals surface area (Å²) in [6.07, 6.45) is 4.75. The van der Waals surface area contributed by atoms with Gasteiger partial charge in [0, 0.05) is 6.08 Å². The molecule has 0 heterocycles. The van der Waals surface area contributed by atoms with E-state index < -0.39 is 0 Å². The maximum atomic E-state index is 10.9. The summed E-state index contributed by atoms with van der Waals surface area (Å²) < 4.78 is 9.87. The van der Waals surface area contributed by atoms with E-state index in [1.54, 1.807) is 12.2 Å². The number of carbonyl (C=O) groups excluding carboxylic acids is 1. The Morgan fingerprint density at radius 3 is 2.71 bits per heavy atom. The van der Waals surface area contributed by atoms with Crippen molar-refractivity contribution in [1.82, 2.24) is 0 Å². The van der Waals surface area contributed by atoms with Crippen LogP contribution in [0.1, 0.15) is 5.56 Å². The van der Waals surface area contributed by atoms with E-state index in [1.165, 1.54) is 13.2 Å². The first-order valence-corrected chi connectivity index (χ1v) is 5.09. The molecule has 1 rings (SSSR count). The van der Waals surface area contributed by atoms with Crippen molar-refractivity contribution < 1.29 is 14.3 Å². The van der Waals surface area contributed by atoms with Gasteiger partial charge in [0.15, 0.2) is 0 Å². The summed E-state index contributed by atoms with van der Waals surface area (Å²) in [5.74, 6) is 0.383. The summed E-state index contributed by atoms with van der Waals surface area (Å²) in [4.78, 5) is 10.9. The minimum Gasteiger partial charge on any atom is -0.489 e. The molecule has 0 radical (unpaired) electrons. The van der Waals surface area contributed by atoms with Crippen LogP contribution in [0.25, 0.3) is 6.08 Å². The van der Waals surface area contributed by atoms with Crippen LogP contribution in [-0.4, -0.2) is 19.7 Å². The van der Waals surface area contributed by atoms with Gasteiger partial charge < -0.3 is 9.47 Å². The largest absolute Gasteiger partial charge is 0.489 e. The van der Waals surface area contributed by atoms with Gasteiger partial charge in [-0.1, -0.05) is 18.7 Å². The lowest BCUT2D eigenvalue weighted by molar-refractivity contribution is -0.134. The van der Waals surface area contributed by atoms with Crippen LogP contribution in [-0.2, 0) is 9.53 Å². The Morgan fingerprint density at radius 2 is 2.12 bits per heavy atom. The molecule has 0 saturated heterocycles. The predicted molar refractivity (Wildman–Crippen MR) is 66.7 cm³/mol. The molecule has 0 saturated carbocycles. The summed E-state index contributed by atoms with van der Waals surface area (Å²) in [5, 5.41) is 0. The third kappa shape index (κ3) is 4.87. The molecule has 0 aliphatic carbocycles. The van der Waals surface area contributed by atoms with Gasteiger partial charge >= 0.3 is 5.97 Å². The van der Waals surface area contributed by atoms with E-state index in [4.69, 9.17) is 4.74 Å². The topological polar surface area (TPSA) is 35.5 Å². The zero-order chi connectivity index (χ0) is 12.5. The number of esters is 1. The van der Waals surface area contributed by atoms with Crippen LogP contribution in [0.5, 0.6) is 5.75 Å². The van der Waals surface area contributed by atoms with Crippen molar-refractivity contribution in [3.05, 3.63) is 54.3 Å². The molecule has 1 aromatic rings. The smallest absolute Gasteiger partial charge is 0.330 e. The van der Waals surface area contributed by atoms with Crippen molar-refractivity contribution in [2.45, 2.75) is 0 Å². The van der Waals surface area contributed by atoms with Gasteiger partial charge in [-0.05, 0) is 29.8 Å². The van der Waals surface area contributed by atoms with Crippen LogP contribution in [0.3, 0.4) is 0 Å². The summed E-state index contributed by atoms with van der Waals surface area (Å²) >= 11 is 0. The molecule has 0 bridgehead atoms. The Bertz CT molecular complexity index is 437.